The summed E-state index contributed by atoms with van der Waals surface area (Å²) in [4.78, 5) is 26.5. The van der Waals surface area contributed by atoms with Crippen LogP contribution in [0.4, 0.5) is 0 Å². The van der Waals surface area contributed by atoms with Gasteiger partial charge >= 0.3 is 0 Å². The van der Waals surface area contributed by atoms with Crippen LogP contribution in [0.1, 0.15) is 60.3 Å². The third-order valence-electron chi connectivity index (χ3n) is 4.48. The van der Waals surface area contributed by atoms with Gasteiger partial charge in [0.25, 0.3) is 0 Å². The van der Waals surface area contributed by atoms with Crippen molar-refractivity contribution in [2.24, 2.45) is 5.92 Å². The fourth-order valence-corrected chi connectivity index (χ4v) is 2.64. The van der Waals surface area contributed by atoms with Crippen LogP contribution in [0.5, 0.6) is 0 Å². The molecule has 110 valence electrons. The van der Waals surface area contributed by atoms with Gasteiger partial charge in [-0.3, -0.25) is 9.59 Å². The normalized spacial score (nSPS) is 28.5. The van der Waals surface area contributed by atoms with E-state index in [1.54, 1.807) is 0 Å². The standard InChI is InChI=1S/C15H28N2O2/c1-6-12(7-2)10-17-11(4)9-13(18)16-15(5,8-3)14(17)19/h11-12H,6-10H2,1-5H3,(H,16,18). The minimum Gasteiger partial charge on any atom is -0.342 e. The molecule has 0 aromatic heterocycles. The monoisotopic (exact) mass is 268 g/mol. The predicted molar refractivity (Wildman–Crippen MR) is 76.7 cm³/mol. The fourth-order valence-electron chi connectivity index (χ4n) is 2.64. The topological polar surface area (TPSA) is 49.4 Å². The summed E-state index contributed by atoms with van der Waals surface area (Å²) in [7, 11) is 0. The van der Waals surface area contributed by atoms with Crippen LogP contribution in [0.25, 0.3) is 0 Å². The Bertz CT molecular complexity index is 339. The summed E-state index contributed by atoms with van der Waals surface area (Å²) in [5.74, 6) is 0.568. The summed E-state index contributed by atoms with van der Waals surface area (Å²) >= 11 is 0. The zero-order valence-electron chi connectivity index (χ0n) is 13.0. The van der Waals surface area contributed by atoms with E-state index in [4.69, 9.17) is 0 Å². The van der Waals surface area contributed by atoms with Crippen LogP contribution >= 0.6 is 0 Å². The average molecular weight is 268 g/mol. The molecule has 1 aliphatic heterocycles. The van der Waals surface area contributed by atoms with E-state index in [1.807, 2.05) is 25.7 Å². The van der Waals surface area contributed by atoms with Crippen molar-refractivity contribution in [1.29, 1.82) is 0 Å². The molecule has 4 nitrogen and oxygen atoms in total. The number of rotatable bonds is 5. The van der Waals surface area contributed by atoms with Gasteiger partial charge in [-0.1, -0.05) is 33.6 Å². The molecular weight excluding hydrogens is 240 g/mol. The van der Waals surface area contributed by atoms with Crippen molar-refractivity contribution in [3.8, 4) is 0 Å². The molecule has 0 radical (unpaired) electrons. The zero-order valence-corrected chi connectivity index (χ0v) is 13.0. The van der Waals surface area contributed by atoms with Gasteiger partial charge in [0.1, 0.15) is 5.54 Å². The molecule has 0 saturated carbocycles. The molecular formula is C15H28N2O2. The summed E-state index contributed by atoms with van der Waals surface area (Å²) in [5, 5.41) is 2.89. The number of nitrogens with one attached hydrogen (secondary N) is 1. The maximum absolute atomic E-state index is 12.7. The Labute approximate surface area is 116 Å². The molecule has 1 N–H and O–H groups in total. The first-order valence-electron chi connectivity index (χ1n) is 7.50. The molecule has 2 amide bonds. The smallest absolute Gasteiger partial charge is 0.248 e. The van der Waals surface area contributed by atoms with Crippen molar-refractivity contribution in [2.75, 3.05) is 6.54 Å². The minimum atomic E-state index is -0.742. The fraction of sp³-hybridized carbons (Fsp3) is 0.867. The first-order chi connectivity index (χ1) is 8.87. The van der Waals surface area contributed by atoms with Gasteiger partial charge in [0.15, 0.2) is 0 Å². The summed E-state index contributed by atoms with van der Waals surface area (Å²) in [6.45, 7) is 10.8. The van der Waals surface area contributed by atoms with E-state index in [2.05, 4.69) is 19.2 Å². The maximum atomic E-state index is 12.7. The Hall–Kier alpha value is -1.06. The summed E-state index contributed by atoms with van der Waals surface area (Å²) in [6.07, 6.45) is 3.17. The molecule has 4 heteroatoms. The molecule has 1 aliphatic rings. The van der Waals surface area contributed by atoms with Crippen molar-refractivity contribution < 1.29 is 9.59 Å². The molecule has 0 aromatic rings. The molecule has 2 atom stereocenters. The highest BCUT2D eigenvalue weighted by Crippen LogP contribution is 2.23. The van der Waals surface area contributed by atoms with E-state index in [0.717, 1.165) is 19.4 Å². The van der Waals surface area contributed by atoms with Crippen LogP contribution in [0.3, 0.4) is 0 Å². The van der Waals surface area contributed by atoms with Gasteiger partial charge in [0, 0.05) is 19.0 Å². The van der Waals surface area contributed by atoms with Gasteiger partial charge in [-0.25, -0.2) is 0 Å². The van der Waals surface area contributed by atoms with Crippen LogP contribution in [0, 0.1) is 5.92 Å². The molecule has 0 aliphatic carbocycles. The van der Waals surface area contributed by atoms with E-state index in [-0.39, 0.29) is 17.9 Å². The molecule has 1 rings (SSSR count). The van der Waals surface area contributed by atoms with Crippen molar-refractivity contribution in [3.05, 3.63) is 0 Å². The predicted octanol–water partition coefficient (Wildman–Crippen LogP) is 2.33. The average Bonchev–Trinajstić information content (AvgIpc) is 2.45. The molecule has 0 spiro atoms. The number of carbonyl (C=O) groups excluding carboxylic acids is 2. The van der Waals surface area contributed by atoms with Crippen molar-refractivity contribution in [1.82, 2.24) is 10.2 Å². The summed E-state index contributed by atoms with van der Waals surface area (Å²) in [5.41, 5.74) is -0.742. The lowest BCUT2D eigenvalue weighted by atomic mass is 9.95. The van der Waals surface area contributed by atoms with Crippen LogP contribution in [0.2, 0.25) is 0 Å². The first-order valence-corrected chi connectivity index (χ1v) is 7.50. The van der Waals surface area contributed by atoms with Crippen LogP contribution < -0.4 is 5.32 Å². The van der Waals surface area contributed by atoms with E-state index >= 15 is 0 Å². The Morgan fingerprint density at radius 3 is 2.37 bits per heavy atom. The second-order valence-electron chi connectivity index (χ2n) is 5.93. The molecule has 1 saturated heterocycles. The Morgan fingerprint density at radius 1 is 1.32 bits per heavy atom. The minimum absolute atomic E-state index is 0.0125. The van der Waals surface area contributed by atoms with Gasteiger partial charge in [-0.2, -0.15) is 0 Å². The van der Waals surface area contributed by atoms with E-state index in [1.165, 1.54) is 0 Å². The lowest BCUT2D eigenvalue weighted by Crippen LogP contribution is -2.56. The van der Waals surface area contributed by atoms with Gasteiger partial charge in [0.2, 0.25) is 11.8 Å². The van der Waals surface area contributed by atoms with Crippen LogP contribution in [0.15, 0.2) is 0 Å². The second kappa shape index (κ2) is 6.40. The lowest BCUT2D eigenvalue weighted by Gasteiger charge is -2.35. The highest BCUT2D eigenvalue weighted by molar-refractivity contribution is 5.93. The van der Waals surface area contributed by atoms with E-state index in [9.17, 15) is 9.59 Å². The van der Waals surface area contributed by atoms with Crippen LogP contribution in [-0.2, 0) is 9.59 Å². The van der Waals surface area contributed by atoms with E-state index in [0.29, 0.717) is 18.8 Å². The molecule has 0 bridgehead atoms. The van der Waals surface area contributed by atoms with Crippen molar-refractivity contribution in [3.63, 3.8) is 0 Å². The maximum Gasteiger partial charge on any atom is 0.248 e. The van der Waals surface area contributed by atoms with Crippen LogP contribution in [-0.4, -0.2) is 34.8 Å². The van der Waals surface area contributed by atoms with Gasteiger partial charge in [0.05, 0.1) is 0 Å². The number of amides is 2. The Kier molecular flexibility index (Phi) is 5.39. The number of hydrogen-bond donors (Lipinski definition) is 1. The molecule has 1 heterocycles. The highest BCUT2D eigenvalue weighted by Gasteiger charge is 2.41. The molecule has 1 fully saturated rings. The van der Waals surface area contributed by atoms with Gasteiger partial charge in [-0.05, 0) is 26.2 Å². The largest absolute Gasteiger partial charge is 0.342 e. The number of carbonyl (C=O) groups is 2. The van der Waals surface area contributed by atoms with Gasteiger partial charge in [-0.15, -0.1) is 0 Å². The summed E-state index contributed by atoms with van der Waals surface area (Å²) < 4.78 is 0. The van der Waals surface area contributed by atoms with Gasteiger partial charge < -0.3 is 10.2 Å². The van der Waals surface area contributed by atoms with Crippen molar-refractivity contribution in [2.45, 2.75) is 71.9 Å². The third-order valence-corrected chi connectivity index (χ3v) is 4.48. The SMILES string of the molecule is CCC(CC)CN1C(=O)C(C)(CC)NC(=O)CC1C. The zero-order chi connectivity index (χ0) is 14.6. The number of nitrogens with zero attached hydrogens (tertiary/aromatic N) is 1. The van der Waals surface area contributed by atoms with E-state index < -0.39 is 5.54 Å². The lowest BCUT2D eigenvalue weighted by molar-refractivity contribution is -0.140. The Morgan fingerprint density at radius 2 is 1.89 bits per heavy atom. The summed E-state index contributed by atoms with van der Waals surface area (Å²) in [6, 6.07) is -0.0125. The number of hydrogen-bond acceptors (Lipinski definition) is 2. The molecule has 19 heavy (non-hydrogen) atoms. The molecule has 0 aromatic carbocycles. The first kappa shape index (κ1) is 16.0. The third kappa shape index (κ3) is 3.48. The van der Waals surface area contributed by atoms with Crippen molar-refractivity contribution >= 4 is 11.8 Å². The Balaban J connectivity index is 2.98. The molecule has 2 unspecified atom stereocenters. The second-order valence-corrected chi connectivity index (χ2v) is 5.93. The quantitative estimate of drug-likeness (QED) is 0.832. The highest BCUT2D eigenvalue weighted by atomic mass is 16.2.